The summed E-state index contributed by atoms with van der Waals surface area (Å²) >= 11 is 6.67. The maximum Gasteiger partial charge on any atom is 0.341 e. The smallest absolute Gasteiger partial charge is 0.341 e. The minimum absolute atomic E-state index is 0.118. The summed E-state index contributed by atoms with van der Waals surface area (Å²) in [5.74, 6) is -0.636. The highest BCUT2D eigenvalue weighted by atomic mass is 32.1. The van der Waals surface area contributed by atoms with E-state index in [1.165, 1.54) is 18.4 Å². The average Bonchev–Trinajstić information content (AvgIpc) is 3.43. The van der Waals surface area contributed by atoms with E-state index in [2.05, 4.69) is 15.7 Å². The summed E-state index contributed by atoms with van der Waals surface area (Å²) in [5.41, 5.74) is 2.79. The summed E-state index contributed by atoms with van der Waals surface area (Å²) in [6, 6.07) is 9.70. The van der Waals surface area contributed by atoms with Gasteiger partial charge in [0.2, 0.25) is 0 Å². The number of methoxy groups -OCH3 is 1. The van der Waals surface area contributed by atoms with Crippen molar-refractivity contribution in [2.24, 2.45) is 0 Å². The van der Waals surface area contributed by atoms with Gasteiger partial charge in [0.25, 0.3) is 5.91 Å². The molecule has 0 saturated heterocycles. The topological polar surface area (TPSA) is 88.5 Å². The number of benzene rings is 1. The fourth-order valence-corrected chi connectivity index (χ4v) is 4.80. The Balaban J connectivity index is 1.76. The van der Waals surface area contributed by atoms with E-state index in [4.69, 9.17) is 17.0 Å². The normalized spacial score (nSPS) is 10.5. The van der Waals surface area contributed by atoms with E-state index in [0.29, 0.717) is 45.8 Å². The summed E-state index contributed by atoms with van der Waals surface area (Å²) in [4.78, 5) is 27.6. The van der Waals surface area contributed by atoms with E-state index in [9.17, 15) is 9.59 Å². The Hall–Kier alpha value is -3.24. The number of thiophene rings is 1. The van der Waals surface area contributed by atoms with Gasteiger partial charge in [-0.3, -0.25) is 9.48 Å². The van der Waals surface area contributed by atoms with Gasteiger partial charge in [0.1, 0.15) is 5.00 Å². The van der Waals surface area contributed by atoms with Crippen LogP contribution < -0.4 is 10.6 Å². The predicted molar refractivity (Wildman–Crippen MR) is 135 cm³/mol. The third-order valence-electron chi connectivity index (χ3n) is 5.12. The van der Waals surface area contributed by atoms with E-state index in [0.717, 1.165) is 11.3 Å². The first-order valence-electron chi connectivity index (χ1n) is 10.5. The molecule has 2 aromatic heterocycles. The molecule has 0 fully saturated rings. The third-order valence-corrected chi connectivity index (χ3v) is 6.52. The molecule has 10 heteroatoms. The molecule has 8 nitrogen and oxygen atoms in total. The first kappa shape index (κ1) is 24.4. The van der Waals surface area contributed by atoms with Crippen molar-refractivity contribution in [1.29, 1.82) is 0 Å². The monoisotopic (exact) mass is 485 g/mol. The van der Waals surface area contributed by atoms with Gasteiger partial charge in [-0.15, -0.1) is 11.3 Å². The van der Waals surface area contributed by atoms with Crippen molar-refractivity contribution >= 4 is 51.2 Å². The van der Waals surface area contributed by atoms with Crippen molar-refractivity contribution in [3.05, 3.63) is 64.3 Å². The Bertz CT molecular complexity index is 1120. The lowest BCUT2D eigenvalue weighted by Crippen LogP contribution is -2.30. The van der Waals surface area contributed by atoms with Gasteiger partial charge in [0.05, 0.1) is 24.1 Å². The van der Waals surface area contributed by atoms with E-state index in [-0.39, 0.29) is 5.91 Å². The van der Waals surface area contributed by atoms with Gasteiger partial charge in [-0.2, -0.15) is 5.10 Å². The van der Waals surface area contributed by atoms with Gasteiger partial charge < -0.3 is 20.3 Å². The highest BCUT2D eigenvalue weighted by Crippen LogP contribution is 2.34. The predicted octanol–water partition coefficient (Wildman–Crippen LogP) is 4.38. The molecular formula is C23H27N5O3S2. The van der Waals surface area contributed by atoms with Crippen LogP contribution >= 0.6 is 23.6 Å². The second-order valence-electron chi connectivity index (χ2n) is 7.21. The Morgan fingerprint density at radius 1 is 1.18 bits per heavy atom. The Kier molecular flexibility index (Phi) is 8.18. The summed E-state index contributed by atoms with van der Waals surface area (Å²) in [6.45, 7) is 7.43. The third kappa shape index (κ3) is 5.77. The van der Waals surface area contributed by atoms with E-state index in [1.807, 2.05) is 55.1 Å². The number of nitrogens with zero attached hydrogens (tertiary/aromatic N) is 3. The highest BCUT2D eigenvalue weighted by molar-refractivity contribution is 7.80. The molecule has 174 valence electrons. The number of amides is 1. The quantitative estimate of drug-likeness (QED) is 0.362. The van der Waals surface area contributed by atoms with Crippen LogP contribution in [0.25, 0.3) is 0 Å². The van der Waals surface area contributed by atoms with Crippen LogP contribution in [0, 0.1) is 6.92 Å². The van der Waals surface area contributed by atoms with Crippen molar-refractivity contribution in [3.63, 3.8) is 0 Å². The first-order chi connectivity index (χ1) is 15.9. The number of hydrogen-bond acceptors (Lipinski definition) is 6. The number of carbonyl (C=O) groups excluding carboxylic acids is 2. The van der Waals surface area contributed by atoms with Gasteiger partial charge in [-0.05, 0) is 62.3 Å². The zero-order chi connectivity index (χ0) is 24.0. The molecule has 0 spiro atoms. The highest BCUT2D eigenvalue weighted by Gasteiger charge is 2.27. The van der Waals surface area contributed by atoms with Crippen LogP contribution in [-0.4, -0.2) is 51.9 Å². The molecule has 0 aliphatic rings. The molecule has 2 N–H and O–H groups in total. The molecule has 0 unspecified atom stereocenters. The number of hydrogen-bond donors (Lipinski definition) is 2. The van der Waals surface area contributed by atoms with Crippen molar-refractivity contribution in [2.45, 2.75) is 27.3 Å². The van der Waals surface area contributed by atoms with Crippen LogP contribution in [0.15, 0.2) is 42.7 Å². The van der Waals surface area contributed by atoms with Crippen molar-refractivity contribution in [3.8, 4) is 0 Å². The minimum Gasteiger partial charge on any atom is -0.465 e. The van der Waals surface area contributed by atoms with Crippen LogP contribution in [-0.2, 0) is 11.3 Å². The van der Waals surface area contributed by atoms with Crippen LogP contribution in [0.1, 0.15) is 45.0 Å². The molecule has 0 aliphatic heterocycles. The summed E-state index contributed by atoms with van der Waals surface area (Å²) < 4.78 is 6.80. The molecule has 1 amide bonds. The van der Waals surface area contributed by atoms with Gasteiger partial charge in [0, 0.05) is 31.2 Å². The minimum atomic E-state index is -0.518. The first-order valence-corrected chi connectivity index (χ1v) is 11.8. The molecule has 1 aromatic carbocycles. The van der Waals surface area contributed by atoms with E-state index in [1.54, 1.807) is 18.0 Å². The van der Waals surface area contributed by atoms with Crippen LogP contribution in [0.3, 0.4) is 0 Å². The maximum atomic E-state index is 12.9. The number of aromatic nitrogens is 2. The van der Waals surface area contributed by atoms with Crippen LogP contribution in [0.2, 0.25) is 0 Å². The number of esters is 1. The number of ether oxygens (including phenoxy) is 1. The zero-order valence-electron chi connectivity index (χ0n) is 19.0. The molecule has 33 heavy (non-hydrogen) atoms. The number of thiocarbonyl (C=S) groups is 1. The second kappa shape index (κ2) is 11.1. The summed E-state index contributed by atoms with van der Waals surface area (Å²) in [7, 11) is 1.32. The van der Waals surface area contributed by atoms with Crippen molar-refractivity contribution < 1.29 is 14.3 Å². The Morgan fingerprint density at radius 2 is 1.88 bits per heavy atom. The van der Waals surface area contributed by atoms with Gasteiger partial charge in [-0.25, -0.2) is 4.79 Å². The SMILES string of the molecule is CCN(CC)C(=O)c1sc(NC(=S)Nc2ccc(Cn3cccn3)cc2)c(C(=O)OC)c1C. The zero-order valence-corrected chi connectivity index (χ0v) is 20.7. The van der Waals surface area contributed by atoms with Gasteiger partial charge >= 0.3 is 5.97 Å². The largest absolute Gasteiger partial charge is 0.465 e. The lowest BCUT2D eigenvalue weighted by molar-refractivity contribution is 0.0601. The lowest BCUT2D eigenvalue weighted by atomic mass is 10.1. The Labute approximate surface area is 202 Å². The molecular weight excluding hydrogens is 458 g/mol. The van der Waals surface area contributed by atoms with Gasteiger partial charge in [0.15, 0.2) is 5.11 Å². The van der Waals surface area contributed by atoms with Crippen molar-refractivity contribution in [2.75, 3.05) is 30.8 Å². The van der Waals surface area contributed by atoms with Crippen molar-refractivity contribution in [1.82, 2.24) is 14.7 Å². The van der Waals surface area contributed by atoms with Crippen LogP contribution in [0.5, 0.6) is 0 Å². The molecule has 0 atom stereocenters. The number of rotatable bonds is 8. The van der Waals surface area contributed by atoms with E-state index >= 15 is 0 Å². The standard InChI is InChI=1S/C23H27N5O3S2/c1-5-27(6-2)21(29)19-15(3)18(22(30)31-4)20(33-19)26-23(32)25-17-10-8-16(9-11-17)14-28-13-7-12-24-28/h7-13H,5-6,14H2,1-4H3,(H2,25,26,32). The number of anilines is 2. The molecule has 0 saturated carbocycles. The molecule has 0 aliphatic carbocycles. The van der Waals surface area contributed by atoms with Gasteiger partial charge in [-0.1, -0.05) is 12.1 Å². The second-order valence-corrected chi connectivity index (χ2v) is 8.64. The van der Waals surface area contributed by atoms with E-state index < -0.39 is 5.97 Å². The molecule has 2 heterocycles. The number of carbonyl (C=O) groups is 2. The summed E-state index contributed by atoms with van der Waals surface area (Å²) in [6.07, 6.45) is 3.66. The fourth-order valence-electron chi connectivity index (χ4n) is 3.35. The maximum absolute atomic E-state index is 12.9. The lowest BCUT2D eigenvalue weighted by Gasteiger charge is -2.17. The summed E-state index contributed by atoms with van der Waals surface area (Å²) in [5, 5.41) is 11.2. The Morgan fingerprint density at radius 3 is 2.45 bits per heavy atom. The molecule has 0 bridgehead atoms. The molecule has 3 rings (SSSR count). The number of nitrogens with one attached hydrogen (secondary N) is 2. The average molecular weight is 486 g/mol. The molecule has 3 aromatic rings. The van der Waals surface area contributed by atoms with Crippen LogP contribution in [0.4, 0.5) is 10.7 Å². The molecule has 0 radical (unpaired) electrons. The fraction of sp³-hybridized carbons (Fsp3) is 0.304.